The van der Waals surface area contributed by atoms with Gasteiger partial charge in [0, 0.05) is 18.5 Å². The topological polar surface area (TPSA) is 71.8 Å². The van der Waals surface area contributed by atoms with Crippen molar-refractivity contribution in [3.63, 3.8) is 0 Å². The van der Waals surface area contributed by atoms with Gasteiger partial charge in [-0.05, 0) is 37.0 Å². The number of carbonyl (C=O) groups excluding carboxylic acids is 1. The summed E-state index contributed by atoms with van der Waals surface area (Å²) in [6.45, 7) is 0.684. The summed E-state index contributed by atoms with van der Waals surface area (Å²) in [7, 11) is 0. The average Bonchev–Trinajstić information content (AvgIpc) is 3.27. The molecule has 2 atom stereocenters. The normalized spacial score (nSPS) is 21.1. The van der Waals surface area contributed by atoms with E-state index in [1.54, 1.807) is 18.5 Å². The summed E-state index contributed by atoms with van der Waals surface area (Å²) in [6, 6.07) is 6.05. The Bertz CT molecular complexity index is 725. The lowest BCUT2D eigenvalue weighted by Crippen LogP contribution is -2.46. The van der Waals surface area contributed by atoms with Gasteiger partial charge in [-0.2, -0.15) is 5.10 Å². The van der Waals surface area contributed by atoms with Crippen LogP contribution in [0.1, 0.15) is 36.7 Å². The van der Waals surface area contributed by atoms with Gasteiger partial charge in [-0.3, -0.25) is 10.1 Å². The molecule has 1 aromatic carbocycles. The van der Waals surface area contributed by atoms with Crippen molar-refractivity contribution in [1.82, 2.24) is 25.4 Å². The van der Waals surface area contributed by atoms with Crippen LogP contribution in [0.5, 0.6) is 0 Å². The summed E-state index contributed by atoms with van der Waals surface area (Å²) in [5.41, 5.74) is 0.777. The van der Waals surface area contributed by atoms with Gasteiger partial charge < -0.3 is 5.32 Å². The number of amides is 1. The van der Waals surface area contributed by atoms with E-state index in [0.717, 1.165) is 37.1 Å². The molecule has 2 N–H and O–H groups in total. The fraction of sp³-hybridized carbons (Fsp3) is 0.471. The van der Waals surface area contributed by atoms with E-state index in [1.807, 2.05) is 4.68 Å². The molecule has 1 aliphatic heterocycles. The van der Waals surface area contributed by atoms with Crippen LogP contribution in [-0.2, 0) is 17.8 Å². The lowest BCUT2D eigenvalue weighted by Gasteiger charge is -2.28. The third-order valence-electron chi connectivity index (χ3n) is 4.60. The molecule has 0 saturated heterocycles. The quantitative estimate of drug-likeness (QED) is 0.868. The third kappa shape index (κ3) is 3.31. The highest BCUT2D eigenvalue weighted by atomic mass is 19.1. The van der Waals surface area contributed by atoms with Gasteiger partial charge in [0.2, 0.25) is 5.91 Å². The molecule has 126 valence electrons. The van der Waals surface area contributed by atoms with Gasteiger partial charge in [0.1, 0.15) is 24.0 Å². The second kappa shape index (κ2) is 6.32. The van der Waals surface area contributed by atoms with Crippen molar-refractivity contribution in [2.45, 2.75) is 50.4 Å². The molecule has 0 unspecified atom stereocenters. The average molecular weight is 329 g/mol. The van der Waals surface area contributed by atoms with Gasteiger partial charge in [-0.1, -0.05) is 12.1 Å². The molecule has 1 aromatic heterocycles. The van der Waals surface area contributed by atoms with Crippen molar-refractivity contribution in [1.29, 1.82) is 0 Å². The Morgan fingerprint density at radius 2 is 2.00 bits per heavy atom. The van der Waals surface area contributed by atoms with Crippen LogP contribution in [0.2, 0.25) is 0 Å². The molecule has 0 radical (unpaired) electrons. The van der Waals surface area contributed by atoms with Gasteiger partial charge in [0.05, 0.1) is 6.54 Å². The molecular weight excluding hydrogens is 309 g/mol. The van der Waals surface area contributed by atoms with Gasteiger partial charge >= 0.3 is 0 Å². The van der Waals surface area contributed by atoms with Gasteiger partial charge in [0.15, 0.2) is 0 Å². The van der Waals surface area contributed by atoms with E-state index >= 15 is 0 Å². The van der Waals surface area contributed by atoms with Crippen LogP contribution in [0, 0.1) is 5.82 Å². The number of aromatic nitrogens is 3. The Morgan fingerprint density at radius 1 is 1.21 bits per heavy atom. The molecule has 1 amide bonds. The van der Waals surface area contributed by atoms with Crippen LogP contribution in [0.15, 0.2) is 30.6 Å². The minimum Gasteiger partial charge on any atom is -0.352 e. The van der Waals surface area contributed by atoms with E-state index in [0.29, 0.717) is 6.54 Å². The summed E-state index contributed by atoms with van der Waals surface area (Å²) in [4.78, 5) is 16.9. The van der Waals surface area contributed by atoms with Crippen molar-refractivity contribution >= 4 is 5.91 Å². The Kier molecular flexibility index (Phi) is 4.02. The smallest absolute Gasteiger partial charge is 0.241 e. The van der Waals surface area contributed by atoms with Crippen molar-refractivity contribution < 1.29 is 9.18 Å². The SMILES string of the molecule is O=C(NC1CC1)[C@@H](N[C@@H]1CCc2ncnn2C1)c1ccc(F)cc1. The predicted octanol–water partition coefficient (Wildman–Crippen LogP) is 1.34. The number of nitrogens with one attached hydrogen (secondary N) is 2. The zero-order chi connectivity index (χ0) is 16.5. The number of fused-ring (bicyclic) bond motifs is 1. The number of aryl methyl sites for hydroxylation is 1. The van der Waals surface area contributed by atoms with Gasteiger partial charge in [-0.25, -0.2) is 14.1 Å². The molecule has 1 aliphatic carbocycles. The molecular formula is C17H20FN5O. The maximum absolute atomic E-state index is 13.2. The Hall–Kier alpha value is -2.28. The number of halogens is 1. The molecule has 6 nitrogen and oxygen atoms in total. The first kappa shape index (κ1) is 15.3. The number of hydrogen-bond acceptors (Lipinski definition) is 4. The second-order valence-electron chi connectivity index (χ2n) is 6.53. The van der Waals surface area contributed by atoms with Crippen LogP contribution in [-0.4, -0.2) is 32.8 Å². The molecule has 1 saturated carbocycles. The number of benzene rings is 1. The maximum atomic E-state index is 13.2. The summed E-state index contributed by atoms with van der Waals surface area (Å²) in [6.07, 6.45) is 5.36. The van der Waals surface area contributed by atoms with Gasteiger partial charge in [0.25, 0.3) is 0 Å². The van der Waals surface area contributed by atoms with Crippen LogP contribution in [0.4, 0.5) is 4.39 Å². The minimum absolute atomic E-state index is 0.0477. The van der Waals surface area contributed by atoms with Crippen LogP contribution in [0.25, 0.3) is 0 Å². The number of nitrogens with zero attached hydrogens (tertiary/aromatic N) is 3. The lowest BCUT2D eigenvalue weighted by molar-refractivity contribution is -0.123. The molecule has 2 aromatic rings. The summed E-state index contributed by atoms with van der Waals surface area (Å²) < 4.78 is 15.1. The summed E-state index contributed by atoms with van der Waals surface area (Å²) in [5, 5.41) is 10.7. The second-order valence-corrected chi connectivity index (χ2v) is 6.53. The van der Waals surface area contributed by atoms with E-state index in [4.69, 9.17) is 0 Å². The van der Waals surface area contributed by atoms with Crippen molar-refractivity contribution in [2.24, 2.45) is 0 Å². The number of rotatable bonds is 5. The molecule has 1 fully saturated rings. The highest BCUT2D eigenvalue weighted by Gasteiger charge is 2.31. The Labute approximate surface area is 139 Å². The van der Waals surface area contributed by atoms with E-state index in [1.165, 1.54) is 12.1 Å². The molecule has 24 heavy (non-hydrogen) atoms. The van der Waals surface area contributed by atoms with Crippen LogP contribution in [0.3, 0.4) is 0 Å². The molecule has 2 aliphatic rings. The first-order chi connectivity index (χ1) is 11.7. The lowest BCUT2D eigenvalue weighted by atomic mass is 10.0. The zero-order valence-corrected chi connectivity index (χ0v) is 13.3. The maximum Gasteiger partial charge on any atom is 0.241 e. The molecule has 2 heterocycles. The first-order valence-corrected chi connectivity index (χ1v) is 8.37. The minimum atomic E-state index is -0.485. The zero-order valence-electron chi connectivity index (χ0n) is 13.3. The summed E-state index contributed by atoms with van der Waals surface area (Å²) in [5.74, 6) is 0.632. The molecule has 7 heteroatoms. The van der Waals surface area contributed by atoms with Crippen LogP contribution >= 0.6 is 0 Å². The van der Waals surface area contributed by atoms with E-state index in [2.05, 4.69) is 20.7 Å². The monoisotopic (exact) mass is 329 g/mol. The number of hydrogen-bond donors (Lipinski definition) is 2. The van der Waals surface area contributed by atoms with E-state index < -0.39 is 6.04 Å². The first-order valence-electron chi connectivity index (χ1n) is 8.37. The van der Waals surface area contributed by atoms with E-state index in [9.17, 15) is 9.18 Å². The fourth-order valence-electron chi connectivity index (χ4n) is 3.10. The molecule has 0 spiro atoms. The van der Waals surface area contributed by atoms with Crippen molar-refractivity contribution in [3.05, 3.63) is 47.8 Å². The third-order valence-corrected chi connectivity index (χ3v) is 4.60. The molecule has 0 bridgehead atoms. The predicted molar refractivity (Wildman–Crippen MR) is 85.6 cm³/mol. The molecule has 4 rings (SSSR count). The largest absolute Gasteiger partial charge is 0.352 e. The highest BCUT2D eigenvalue weighted by Crippen LogP contribution is 2.23. The fourth-order valence-corrected chi connectivity index (χ4v) is 3.10. The Balaban J connectivity index is 1.51. The summed E-state index contributed by atoms with van der Waals surface area (Å²) >= 11 is 0. The van der Waals surface area contributed by atoms with Crippen molar-refractivity contribution in [2.75, 3.05) is 0 Å². The van der Waals surface area contributed by atoms with Crippen molar-refractivity contribution in [3.8, 4) is 0 Å². The number of carbonyl (C=O) groups is 1. The van der Waals surface area contributed by atoms with E-state index in [-0.39, 0.29) is 23.8 Å². The highest BCUT2D eigenvalue weighted by molar-refractivity contribution is 5.83. The van der Waals surface area contributed by atoms with Crippen LogP contribution < -0.4 is 10.6 Å². The Morgan fingerprint density at radius 3 is 2.75 bits per heavy atom. The standard InChI is InChI=1S/C17H20FN5O/c18-12-3-1-11(2-4-12)16(17(24)22-13-5-6-13)21-14-7-8-15-19-10-20-23(15)9-14/h1-4,10,13-14,16,21H,5-9H2,(H,22,24)/t14-,16+/m1/s1. The van der Waals surface area contributed by atoms with Gasteiger partial charge in [-0.15, -0.1) is 0 Å².